The molecule has 5 nitrogen and oxygen atoms in total. The van der Waals surface area contributed by atoms with Crippen molar-refractivity contribution in [3.8, 4) is 11.6 Å². The highest BCUT2D eigenvalue weighted by molar-refractivity contribution is 5.91. The molecule has 0 radical (unpaired) electrons. The highest BCUT2D eigenvalue weighted by atomic mass is 35.5. The van der Waals surface area contributed by atoms with Gasteiger partial charge in [0.15, 0.2) is 11.6 Å². The van der Waals surface area contributed by atoms with Crippen molar-refractivity contribution in [3.63, 3.8) is 0 Å². The van der Waals surface area contributed by atoms with Crippen molar-refractivity contribution in [2.24, 2.45) is 0 Å². The van der Waals surface area contributed by atoms with E-state index in [4.69, 9.17) is 14.4 Å². The lowest BCUT2D eigenvalue weighted by atomic mass is 10.2. The minimum Gasteiger partial charge on any atom is -0.453 e. The zero-order valence-corrected chi connectivity index (χ0v) is 17.3. The SMILES string of the molecule is CCNCCCNc1nc(-c2cc3ccccc3o2)nc2ccccc12.Cl.Cl. The molecule has 2 aromatic carbocycles. The quantitative estimate of drug-likeness (QED) is 0.398. The molecule has 4 rings (SSSR count). The van der Waals surface area contributed by atoms with E-state index in [0.29, 0.717) is 11.6 Å². The Morgan fingerprint density at radius 1 is 0.929 bits per heavy atom. The minimum absolute atomic E-state index is 0. The number of benzene rings is 2. The molecule has 0 unspecified atom stereocenters. The molecule has 0 aliphatic heterocycles. The van der Waals surface area contributed by atoms with Gasteiger partial charge in [-0.25, -0.2) is 9.97 Å². The van der Waals surface area contributed by atoms with Gasteiger partial charge in [-0.2, -0.15) is 0 Å². The lowest BCUT2D eigenvalue weighted by Gasteiger charge is -2.10. The lowest BCUT2D eigenvalue weighted by molar-refractivity contribution is 0.625. The van der Waals surface area contributed by atoms with Crippen LogP contribution in [0.25, 0.3) is 33.5 Å². The maximum absolute atomic E-state index is 5.95. The number of aromatic nitrogens is 2. The molecular weight excluding hydrogens is 395 g/mol. The lowest BCUT2D eigenvalue weighted by Crippen LogP contribution is -2.17. The summed E-state index contributed by atoms with van der Waals surface area (Å²) in [5, 5.41) is 8.87. The molecule has 0 bridgehead atoms. The molecule has 7 heteroatoms. The number of furan rings is 1. The fraction of sp³-hybridized carbons (Fsp3) is 0.238. The summed E-state index contributed by atoms with van der Waals surface area (Å²) in [5.41, 5.74) is 1.76. The number of anilines is 1. The first-order chi connectivity index (χ1) is 12.8. The number of nitrogens with zero attached hydrogens (tertiary/aromatic N) is 2. The molecule has 4 aromatic rings. The second kappa shape index (κ2) is 10.3. The maximum Gasteiger partial charge on any atom is 0.198 e. The van der Waals surface area contributed by atoms with E-state index in [0.717, 1.165) is 53.7 Å². The van der Waals surface area contributed by atoms with Crippen LogP contribution in [-0.4, -0.2) is 29.6 Å². The monoisotopic (exact) mass is 418 g/mol. The molecular formula is C21H24Cl2N4O. The van der Waals surface area contributed by atoms with Gasteiger partial charge in [-0.15, -0.1) is 24.8 Å². The van der Waals surface area contributed by atoms with Gasteiger partial charge in [-0.05, 0) is 43.8 Å². The van der Waals surface area contributed by atoms with Crippen LogP contribution in [0.5, 0.6) is 0 Å². The van der Waals surface area contributed by atoms with Crippen LogP contribution >= 0.6 is 24.8 Å². The molecule has 28 heavy (non-hydrogen) atoms. The predicted octanol–water partition coefficient (Wildman–Crippen LogP) is 5.30. The number of nitrogens with one attached hydrogen (secondary N) is 2. The molecule has 2 N–H and O–H groups in total. The van der Waals surface area contributed by atoms with Crippen LogP contribution in [0, 0.1) is 0 Å². The third-order valence-electron chi connectivity index (χ3n) is 4.32. The normalized spacial score (nSPS) is 10.5. The first-order valence-corrected chi connectivity index (χ1v) is 9.05. The van der Waals surface area contributed by atoms with Gasteiger partial charge in [0, 0.05) is 17.3 Å². The highest BCUT2D eigenvalue weighted by Gasteiger charge is 2.13. The number of fused-ring (bicyclic) bond motifs is 2. The van der Waals surface area contributed by atoms with E-state index >= 15 is 0 Å². The largest absolute Gasteiger partial charge is 0.453 e. The van der Waals surface area contributed by atoms with Crippen LogP contribution < -0.4 is 10.6 Å². The van der Waals surface area contributed by atoms with Crippen molar-refractivity contribution in [2.45, 2.75) is 13.3 Å². The van der Waals surface area contributed by atoms with Gasteiger partial charge >= 0.3 is 0 Å². The van der Waals surface area contributed by atoms with Crippen LogP contribution in [0.4, 0.5) is 5.82 Å². The fourth-order valence-electron chi connectivity index (χ4n) is 3.01. The van der Waals surface area contributed by atoms with E-state index < -0.39 is 0 Å². The number of hydrogen-bond acceptors (Lipinski definition) is 5. The molecule has 0 aliphatic carbocycles. The van der Waals surface area contributed by atoms with Crippen LogP contribution in [-0.2, 0) is 0 Å². The molecule has 0 aliphatic rings. The van der Waals surface area contributed by atoms with Crippen molar-refractivity contribution >= 4 is 52.5 Å². The summed E-state index contributed by atoms with van der Waals surface area (Å²) in [5.74, 6) is 2.14. The first kappa shape index (κ1) is 22.0. The summed E-state index contributed by atoms with van der Waals surface area (Å²) in [6, 6.07) is 18.0. The summed E-state index contributed by atoms with van der Waals surface area (Å²) in [4.78, 5) is 9.45. The van der Waals surface area contributed by atoms with Crippen molar-refractivity contribution < 1.29 is 4.42 Å². The Balaban J connectivity index is 0.00000140. The van der Waals surface area contributed by atoms with Crippen LogP contribution in [0.15, 0.2) is 59.0 Å². The van der Waals surface area contributed by atoms with Crippen molar-refractivity contribution in [1.29, 1.82) is 0 Å². The van der Waals surface area contributed by atoms with Crippen LogP contribution in [0.1, 0.15) is 13.3 Å². The number of halogens is 2. The third-order valence-corrected chi connectivity index (χ3v) is 4.32. The van der Waals surface area contributed by atoms with Gasteiger partial charge in [0.25, 0.3) is 0 Å². The number of hydrogen-bond donors (Lipinski definition) is 2. The maximum atomic E-state index is 5.95. The van der Waals surface area contributed by atoms with Crippen LogP contribution in [0.3, 0.4) is 0 Å². The van der Waals surface area contributed by atoms with E-state index in [2.05, 4.69) is 17.6 Å². The summed E-state index contributed by atoms with van der Waals surface area (Å²) in [7, 11) is 0. The third kappa shape index (κ3) is 4.73. The molecule has 148 valence electrons. The smallest absolute Gasteiger partial charge is 0.198 e. The van der Waals surface area contributed by atoms with Crippen molar-refractivity contribution in [2.75, 3.05) is 25.0 Å². The van der Waals surface area contributed by atoms with Gasteiger partial charge < -0.3 is 15.1 Å². The molecule has 2 heterocycles. The summed E-state index contributed by atoms with van der Waals surface area (Å²) < 4.78 is 5.95. The van der Waals surface area contributed by atoms with E-state index in [9.17, 15) is 0 Å². The van der Waals surface area contributed by atoms with Crippen LogP contribution in [0.2, 0.25) is 0 Å². The molecule has 0 amide bonds. The van der Waals surface area contributed by atoms with E-state index in [1.807, 2.05) is 54.6 Å². The second-order valence-electron chi connectivity index (χ2n) is 6.20. The van der Waals surface area contributed by atoms with Gasteiger partial charge in [0.1, 0.15) is 11.4 Å². The zero-order valence-electron chi connectivity index (χ0n) is 15.6. The van der Waals surface area contributed by atoms with E-state index in [1.165, 1.54) is 0 Å². The standard InChI is InChI=1S/C21H22N4O.2ClH/c1-2-22-12-7-13-23-20-16-9-4-5-10-17(16)24-21(25-20)19-14-15-8-3-6-11-18(15)26-19;;/h3-6,8-11,14,22H,2,7,12-13H2,1H3,(H,23,24,25);2*1H. The molecule has 0 saturated carbocycles. The number of rotatable bonds is 7. The average Bonchev–Trinajstić information content (AvgIpc) is 3.12. The van der Waals surface area contributed by atoms with E-state index in [1.54, 1.807) is 0 Å². The average molecular weight is 419 g/mol. The highest BCUT2D eigenvalue weighted by Crippen LogP contribution is 2.29. The first-order valence-electron chi connectivity index (χ1n) is 9.05. The second-order valence-corrected chi connectivity index (χ2v) is 6.20. The zero-order chi connectivity index (χ0) is 17.8. The Labute approximate surface area is 176 Å². The minimum atomic E-state index is 0. The molecule has 0 spiro atoms. The Morgan fingerprint density at radius 2 is 1.71 bits per heavy atom. The van der Waals surface area contributed by atoms with Gasteiger partial charge in [-0.1, -0.05) is 37.3 Å². The summed E-state index contributed by atoms with van der Waals surface area (Å²) in [6.07, 6.45) is 1.03. The van der Waals surface area contributed by atoms with Crippen molar-refractivity contribution in [1.82, 2.24) is 15.3 Å². The molecule has 2 aromatic heterocycles. The van der Waals surface area contributed by atoms with Crippen molar-refractivity contribution in [3.05, 3.63) is 54.6 Å². The Morgan fingerprint density at radius 3 is 2.54 bits per heavy atom. The van der Waals surface area contributed by atoms with E-state index in [-0.39, 0.29) is 24.8 Å². The van der Waals surface area contributed by atoms with Gasteiger partial charge in [-0.3, -0.25) is 0 Å². The Bertz CT molecular complexity index is 1000. The predicted molar refractivity (Wildman–Crippen MR) is 121 cm³/mol. The fourth-order valence-corrected chi connectivity index (χ4v) is 3.01. The molecule has 0 saturated heterocycles. The van der Waals surface area contributed by atoms with Gasteiger partial charge in [0.2, 0.25) is 0 Å². The molecule has 0 fully saturated rings. The summed E-state index contributed by atoms with van der Waals surface area (Å²) in [6.45, 7) is 4.95. The summed E-state index contributed by atoms with van der Waals surface area (Å²) >= 11 is 0. The Hall–Kier alpha value is -2.34. The Kier molecular flexibility index (Phi) is 8.05. The molecule has 0 atom stereocenters. The van der Waals surface area contributed by atoms with Gasteiger partial charge in [0.05, 0.1) is 5.52 Å². The number of para-hydroxylation sites is 2. The topological polar surface area (TPSA) is 63.0 Å².